The second-order valence-corrected chi connectivity index (χ2v) is 4.50. The molecular formula is C13H16F2N2O4. The molecule has 0 aromatic heterocycles. The number of halogens is 2. The van der Waals surface area contributed by atoms with Gasteiger partial charge in [-0.15, -0.1) is 0 Å². The molecule has 0 aliphatic carbocycles. The maximum atomic E-state index is 12.3. The number of hydrogen-bond acceptors (Lipinski definition) is 5. The van der Waals surface area contributed by atoms with Crippen LogP contribution in [0.4, 0.5) is 13.6 Å². The Labute approximate surface area is 120 Å². The minimum atomic E-state index is -2.95. The summed E-state index contributed by atoms with van der Waals surface area (Å²) in [5.41, 5.74) is 5.62. The molecule has 0 bridgehead atoms. The maximum Gasteiger partial charge on any atom is 0.409 e. The number of nitrogens with zero attached hydrogens (tertiary/aromatic N) is 1. The van der Waals surface area contributed by atoms with E-state index in [9.17, 15) is 13.6 Å². The van der Waals surface area contributed by atoms with E-state index in [1.54, 1.807) is 6.07 Å². The Hall–Kier alpha value is -1.93. The van der Waals surface area contributed by atoms with Crippen molar-refractivity contribution < 1.29 is 27.8 Å². The average molecular weight is 302 g/mol. The summed E-state index contributed by atoms with van der Waals surface area (Å²) in [5.74, 6) is -0.00378. The molecule has 1 aliphatic rings. The first kappa shape index (κ1) is 15.5. The molecule has 1 amide bonds. The van der Waals surface area contributed by atoms with Gasteiger partial charge >= 0.3 is 12.7 Å². The molecule has 2 N–H and O–H groups in total. The van der Waals surface area contributed by atoms with Gasteiger partial charge < -0.3 is 19.9 Å². The maximum absolute atomic E-state index is 12.3. The van der Waals surface area contributed by atoms with Crippen LogP contribution in [0.25, 0.3) is 0 Å². The highest BCUT2D eigenvalue weighted by Gasteiger charge is 2.14. The van der Waals surface area contributed by atoms with Crippen LogP contribution < -0.4 is 15.2 Å². The molecular weight excluding hydrogens is 286 g/mol. The predicted molar refractivity (Wildman–Crippen MR) is 69.4 cm³/mol. The highest BCUT2D eigenvalue weighted by Crippen LogP contribution is 2.25. The summed E-state index contributed by atoms with van der Waals surface area (Å²) in [6.45, 7) is 0.289. The van der Waals surface area contributed by atoms with Crippen molar-refractivity contribution in [1.29, 1.82) is 0 Å². The highest BCUT2D eigenvalue weighted by molar-refractivity contribution is 5.68. The molecule has 0 saturated carbocycles. The van der Waals surface area contributed by atoms with Gasteiger partial charge in [-0.2, -0.15) is 8.78 Å². The van der Waals surface area contributed by atoms with E-state index < -0.39 is 12.7 Å². The number of ether oxygens (including phenoxy) is 3. The summed E-state index contributed by atoms with van der Waals surface area (Å²) in [5, 5.41) is 0. The number of amides is 1. The van der Waals surface area contributed by atoms with E-state index >= 15 is 0 Å². The van der Waals surface area contributed by atoms with Gasteiger partial charge in [0.2, 0.25) is 0 Å². The van der Waals surface area contributed by atoms with Crippen LogP contribution >= 0.6 is 0 Å². The number of rotatable bonds is 5. The largest absolute Gasteiger partial charge is 0.435 e. The van der Waals surface area contributed by atoms with E-state index in [0.29, 0.717) is 25.3 Å². The number of carbonyl (C=O) groups excluding carboxylic acids is 1. The average Bonchev–Trinajstić information content (AvgIpc) is 2.37. The van der Waals surface area contributed by atoms with Crippen LogP contribution in [-0.2, 0) is 11.3 Å². The summed E-state index contributed by atoms with van der Waals surface area (Å²) in [6, 6.07) is 4.24. The fourth-order valence-electron chi connectivity index (χ4n) is 2.09. The van der Waals surface area contributed by atoms with Gasteiger partial charge in [-0.3, -0.25) is 4.90 Å². The quantitative estimate of drug-likeness (QED) is 0.894. The number of benzene rings is 1. The number of carbonyl (C=O) groups is 1. The lowest BCUT2D eigenvalue weighted by Crippen LogP contribution is -2.35. The van der Waals surface area contributed by atoms with Crippen molar-refractivity contribution >= 4 is 6.09 Å². The minimum Gasteiger partial charge on any atom is -0.435 e. The zero-order valence-electron chi connectivity index (χ0n) is 11.3. The summed E-state index contributed by atoms with van der Waals surface area (Å²) in [4.78, 5) is 12.9. The van der Waals surface area contributed by atoms with E-state index in [-0.39, 0.29) is 11.5 Å². The third kappa shape index (κ3) is 5.16. The highest BCUT2D eigenvalue weighted by atomic mass is 19.3. The van der Waals surface area contributed by atoms with Crippen molar-refractivity contribution in [2.24, 2.45) is 5.73 Å². The van der Waals surface area contributed by atoms with Crippen LogP contribution in [0, 0.1) is 0 Å². The summed E-state index contributed by atoms with van der Waals surface area (Å²) >= 11 is 0. The zero-order chi connectivity index (χ0) is 15.2. The first-order chi connectivity index (χ1) is 10.0. The van der Waals surface area contributed by atoms with Gasteiger partial charge in [0.05, 0.1) is 13.2 Å². The van der Waals surface area contributed by atoms with Crippen molar-refractivity contribution in [1.82, 2.24) is 4.90 Å². The molecule has 1 aromatic carbocycles. The molecule has 2 rings (SSSR count). The Bertz CT molecular complexity index is 493. The first-order valence-corrected chi connectivity index (χ1v) is 6.39. The van der Waals surface area contributed by atoms with E-state index in [4.69, 9.17) is 15.2 Å². The molecule has 1 saturated heterocycles. The second-order valence-electron chi connectivity index (χ2n) is 4.50. The summed E-state index contributed by atoms with van der Waals surface area (Å²) in [6.07, 6.45) is -1.01. The van der Waals surface area contributed by atoms with Gasteiger partial charge in [0.15, 0.2) is 0 Å². The molecule has 1 heterocycles. The number of nitrogens with two attached hydrogens (primary N) is 1. The first-order valence-electron chi connectivity index (χ1n) is 6.39. The minimum absolute atomic E-state index is 0.0731. The molecule has 21 heavy (non-hydrogen) atoms. The van der Waals surface area contributed by atoms with Crippen LogP contribution in [0.2, 0.25) is 0 Å². The molecule has 0 unspecified atom stereocenters. The van der Waals surface area contributed by atoms with Crippen LogP contribution in [0.1, 0.15) is 5.56 Å². The van der Waals surface area contributed by atoms with Crippen molar-refractivity contribution in [2.75, 3.05) is 26.3 Å². The second kappa shape index (κ2) is 7.19. The topological polar surface area (TPSA) is 74.0 Å². The Morgan fingerprint density at radius 3 is 2.57 bits per heavy atom. The van der Waals surface area contributed by atoms with Crippen molar-refractivity contribution in [3.05, 3.63) is 23.8 Å². The van der Waals surface area contributed by atoms with Gasteiger partial charge in [-0.05, 0) is 17.7 Å². The lowest BCUT2D eigenvalue weighted by molar-refractivity contribution is -0.0499. The molecule has 8 heteroatoms. The molecule has 116 valence electrons. The molecule has 1 aromatic rings. The number of primary amides is 1. The molecule has 1 aliphatic heterocycles. The van der Waals surface area contributed by atoms with Crippen LogP contribution in [-0.4, -0.2) is 43.9 Å². The molecule has 0 radical (unpaired) electrons. The van der Waals surface area contributed by atoms with Gasteiger partial charge in [0, 0.05) is 25.7 Å². The van der Waals surface area contributed by atoms with E-state index in [1.807, 2.05) is 0 Å². The fraction of sp³-hybridized carbons (Fsp3) is 0.462. The summed E-state index contributed by atoms with van der Waals surface area (Å²) < 4.78 is 39.0. The van der Waals surface area contributed by atoms with Gasteiger partial charge in [-0.1, -0.05) is 0 Å². The lowest BCUT2D eigenvalue weighted by Gasteiger charge is -2.26. The standard InChI is InChI=1S/C13H16F2N2O4/c14-12(15)20-10-5-9(6-11(7-10)21-13(16)18)8-17-1-3-19-4-2-17/h5-7,12H,1-4,8H2,(H2,16,18). The molecule has 6 nitrogen and oxygen atoms in total. The monoisotopic (exact) mass is 302 g/mol. The van der Waals surface area contributed by atoms with Crippen molar-refractivity contribution in [2.45, 2.75) is 13.2 Å². The number of alkyl halides is 2. The smallest absolute Gasteiger partial charge is 0.409 e. The van der Waals surface area contributed by atoms with Gasteiger partial charge in [-0.25, -0.2) is 4.79 Å². The van der Waals surface area contributed by atoms with Gasteiger partial charge in [0.1, 0.15) is 11.5 Å². The van der Waals surface area contributed by atoms with Crippen molar-refractivity contribution in [3.63, 3.8) is 0 Å². The van der Waals surface area contributed by atoms with Crippen molar-refractivity contribution in [3.8, 4) is 11.5 Å². The Balaban J connectivity index is 2.14. The molecule has 0 atom stereocenters. The summed E-state index contributed by atoms with van der Waals surface area (Å²) in [7, 11) is 0. The third-order valence-corrected chi connectivity index (χ3v) is 2.89. The van der Waals surface area contributed by atoms with Crippen LogP contribution in [0.5, 0.6) is 11.5 Å². The van der Waals surface area contributed by atoms with Crippen LogP contribution in [0.3, 0.4) is 0 Å². The number of hydrogen-bond donors (Lipinski definition) is 1. The third-order valence-electron chi connectivity index (χ3n) is 2.89. The fourth-order valence-corrected chi connectivity index (χ4v) is 2.09. The van der Waals surface area contributed by atoms with E-state index in [1.165, 1.54) is 12.1 Å². The van der Waals surface area contributed by atoms with Gasteiger partial charge in [0.25, 0.3) is 0 Å². The zero-order valence-corrected chi connectivity index (χ0v) is 11.3. The van der Waals surface area contributed by atoms with E-state index in [2.05, 4.69) is 9.64 Å². The lowest BCUT2D eigenvalue weighted by atomic mass is 10.2. The molecule has 0 spiro atoms. The van der Waals surface area contributed by atoms with E-state index in [0.717, 1.165) is 13.1 Å². The Morgan fingerprint density at radius 1 is 1.29 bits per heavy atom. The van der Waals surface area contributed by atoms with Crippen LogP contribution in [0.15, 0.2) is 18.2 Å². The predicted octanol–water partition coefficient (Wildman–Crippen LogP) is 1.58. The normalized spacial score (nSPS) is 16.0. The Kier molecular flexibility index (Phi) is 5.29. The number of morpholine rings is 1. The SMILES string of the molecule is NC(=O)Oc1cc(CN2CCOCC2)cc(OC(F)F)c1. The Morgan fingerprint density at radius 2 is 1.95 bits per heavy atom. The molecule has 1 fully saturated rings.